The van der Waals surface area contributed by atoms with Crippen molar-refractivity contribution in [2.45, 2.75) is 6.92 Å². The molecule has 0 aliphatic carbocycles. The summed E-state index contributed by atoms with van der Waals surface area (Å²) >= 11 is 3.15. The summed E-state index contributed by atoms with van der Waals surface area (Å²) in [5, 5.41) is 2.19. The number of rotatable bonds is 0. The number of carbonyl (C=O) groups excluding carboxylic acids is 2. The first-order valence-electron chi connectivity index (χ1n) is 3.86. The Kier molecular flexibility index (Phi) is 1.92. The third kappa shape index (κ3) is 1.09. The highest BCUT2D eigenvalue weighted by molar-refractivity contribution is 9.10. The summed E-state index contributed by atoms with van der Waals surface area (Å²) in [6.45, 7) is 1.66. The molecule has 1 aliphatic rings. The topological polar surface area (TPSA) is 46.2 Å². The Morgan fingerprint density at radius 3 is 2.71 bits per heavy atom. The number of anilines is 1. The molecule has 0 saturated carbocycles. The van der Waals surface area contributed by atoms with Crippen LogP contribution in [0.1, 0.15) is 15.9 Å². The van der Waals surface area contributed by atoms with Gasteiger partial charge in [0.15, 0.2) is 0 Å². The van der Waals surface area contributed by atoms with Crippen molar-refractivity contribution in [1.29, 1.82) is 0 Å². The highest BCUT2D eigenvalue weighted by Crippen LogP contribution is 2.34. The lowest BCUT2D eigenvalue weighted by atomic mass is 10.1. The molecule has 3 nitrogen and oxygen atoms in total. The monoisotopic (exact) mass is 257 g/mol. The van der Waals surface area contributed by atoms with Crippen molar-refractivity contribution in [2.24, 2.45) is 0 Å². The first-order valence-corrected chi connectivity index (χ1v) is 4.66. The molecule has 0 aromatic heterocycles. The molecule has 72 valence electrons. The number of benzene rings is 1. The number of fused-ring (bicyclic) bond motifs is 1. The van der Waals surface area contributed by atoms with Crippen LogP contribution in [0.4, 0.5) is 10.1 Å². The van der Waals surface area contributed by atoms with Crippen molar-refractivity contribution in [1.82, 2.24) is 0 Å². The Morgan fingerprint density at radius 1 is 1.43 bits per heavy atom. The van der Waals surface area contributed by atoms with Gasteiger partial charge in [-0.05, 0) is 34.5 Å². The van der Waals surface area contributed by atoms with Crippen molar-refractivity contribution in [2.75, 3.05) is 5.32 Å². The maximum Gasteiger partial charge on any atom is 0.296 e. The van der Waals surface area contributed by atoms with Crippen LogP contribution in [-0.2, 0) is 4.79 Å². The zero-order valence-electron chi connectivity index (χ0n) is 7.15. The normalized spacial score (nSPS) is 14.2. The van der Waals surface area contributed by atoms with Gasteiger partial charge in [0.2, 0.25) is 0 Å². The molecule has 14 heavy (non-hydrogen) atoms. The molecule has 1 aromatic rings. The minimum absolute atomic E-state index is 0.0301. The standard InChI is InChI=1S/C9H5BrFNO2/c1-3-2-4(11)7-5(6(3)10)8(13)9(14)12-7/h2H,1H3,(H,12,13,14). The molecule has 0 bridgehead atoms. The van der Waals surface area contributed by atoms with E-state index in [1.54, 1.807) is 6.92 Å². The van der Waals surface area contributed by atoms with E-state index in [1.807, 2.05) is 0 Å². The zero-order chi connectivity index (χ0) is 10.5. The third-order valence-corrected chi connectivity index (χ3v) is 3.09. The van der Waals surface area contributed by atoms with Gasteiger partial charge >= 0.3 is 0 Å². The van der Waals surface area contributed by atoms with Crippen LogP contribution < -0.4 is 5.32 Å². The van der Waals surface area contributed by atoms with Crippen LogP contribution in [0.2, 0.25) is 0 Å². The molecule has 1 aromatic carbocycles. The van der Waals surface area contributed by atoms with Gasteiger partial charge in [0.05, 0.1) is 11.3 Å². The first kappa shape index (κ1) is 9.33. The predicted molar refractivity (Wildman–Crippen MR) is 51.8 cm³/mol. The Labute approximate surface area is 87.4 Å². The molecule has 0 fully saturated rings. The molecule has 0 saturated heterocycles. The molecule has 0 atom stereocenters. The van der Waals surface area contributed by atoms with Crippen LogP contribution in [0.3, 0.4) is 0 Å². The van der Waals surface area contributed by atoms with Gasteiger partial charge in [-0.1, -0.05) is 0 Å². The van der Waals surface area contributed by atoms with Gasteiger partial charge in [0.25, 0.3) is 11.7 Å². The molecule has 0 radical (unpaired) electrons. The number of hydrogen-bond donors (Lipinski definition) is 1. The fraction of sp³-hybridized carbons (Fsp3) is 0.111. The van der Waals surface area contributed by atoms with Gasteiger partial charge < -0.3 is 5.32 Å². The van der Waals surface area contributed by atoms with Crippen LogP contribution in [0.25, 0.3) is 0 Å². The molecule has 5 heteroatoms. The first-order chi connectivity index (χ1) is 6.52. The minimum Gasteiger partial charge on any atom is -0.316 e. The van der Waals surface area contributed by atoms with E-state index in [2.05, 4.69) is 21.2 Å². The molecule has 0 spiro atoms. The Bertz CT molecular complexity index is 470. The van der Waals surface area contributed by atoms with Gasteiger partial charge in [0.1, 0.15) is 5.82 Å². The summed E-state index contributed by atoms with van der Waals surface area (Å²) < 4.78 is 13.8. The van der Waals surface area contributed by atoms with Crippen LogP contribution in [0.5, 0.6) is 0 Å². The van der Waals surface area contributed by atoms with Crippen molar-refractivity contribution >= 4 is 33.3 Å². The fourth-order valence-electron chi connectivity index (χ4n) is 1.37. The molecular formula is C9H5BrFNO2. The van der Waals surface area contributed by atoms with E-state index >= 15 is 0 Å². The van der Waals surface area contributed by atoms with Crippen molar-refractivity contribution in [3.63, 3.8) is 0 Å². The van der Waals surface area contributed by atoms with E-state index < -0.39 is 17.5 Å². The summed E-state index contributed by atoms with van der Waals surface area (Å²) in [6, 6.07) is 1.27. The van der Waals surface area contributed by atoms with E-state index in [-0.39, 0.29) is 11.3 Å². The lowest BCUT2D eigenvalue weighted by Crippen LogP contribution is -2.12. The summed E-state index contributed by atoms with van der Waals surface area (Å²) in [6.07, 6.45) is 0. The molecular weight excluding hydrogens is 253 g/mol. The maximum atomic E-state index is 13.3. The largest absolute Gasteiger partial charge is 0.316 e. The van der Waals surface area contributed by atoms with Crippen LogP contribution in [0.15, 0.2) is 10.5 Å². The summed E-state index contributed by atoms with van der Waals surface area (Å²) in [5.41, 5.74) is 0.649. The summed E-state index contributed by atoms with van der Waals surface area (Å²) in [5.74, 6) is -2.07. The SMILES string of the molecule is Cc1cc(F)c2c(c1Br)C(=O)C(=O)N2. The number of carbonyl (C=O) groups is 2. The second kappa shape index (κ2) is 2.88. The number of amides is 1. The average Bonchev–Trinajstić information content (AvgIpc) is 2.41. The van der Waals surface area contributed by atoms with Crippen LogP contribution >= 0.6 is 15.9 Å². The van der Waals surface area contributed by atoms with Gasteiger partial charge in [0, 0.05) is 4.47 Å². The second-order valence-corrected chi connectivity index (χ2v) is 3.82. The zero-order valence-corrected chi connectivity index (χ0v) is 8.74. The second-order valence-electron chi connectivity index (χ2n) is 3.02. The summed E-state index contributed by atoms with van der Waals surface area (Å²) in [4.78, 5) is 22.3. The maximum absolute atomic E-state index is 13.3. The van der Waals surface area contributed by atoms with E-state index in [0.29, 0.717) is 10.0 Å². The third-order valence-electron chi connectivity index (χ3n) is 2.07. The molecule has 1 amide bonds. The van der Waals surface area contributed by atoms with Gasteiger partial charge in [-0.3, -0.25) is 9.59 Å². The van der Waals surface area contributed by atoms with Gasteiger partial charge in [-0.25, -0.2) is 4.39 Å². The highest BCUT2D eigenvalue weighted by atomic mass is 79.9. The Morgan fingerprint density at radius 2 is 2.07 bits per heavy atom. The lowest BCUT2D eigenvalue weighted by Gasteiger charge is -2.04. The number of Topliss-reactive ketones (excluding diaryl/α,β-unsaturated/α-hetero) is 1. The van der Waals surface area contributed by atoms with Crippen molar-refractivity contribution in [3.8, 4) is 0 Å². The fourth-order valence-corrected chi connectivity index (χ4v) is 1.86. The van der Waals surface area contributed by atoms with Crippen molar-refractivity contribution in [3.05, 3.63) is 27.5 Å². The van der Waals surface area contributed by atoms with Crippen LogP contribution in [-0.4, -0.2) is 11.7 Å². The molecule has 0 unspecified atom stereocenters. The lowest BCUT2D eigenvalue weighted by molar-refractivity contribution is -0.112. The molecule has 2 rings (SSSR count). The van der Waals surface area contributed by atoms with E-state index in [4.69, 9.17) is 0 Å². The van der Waals surface area contributed by atoms with Gasteiger partial charge in [-0.2, -0.15) is 0 Å². The minimum atomic E-state index is -0.787. The highest BCUT2D eigenvalue weighted by Gasteiger charge is 2.33. The Hall–Kier alpha value is -1.23. The van der Waals surface area contributed by atoms with E-state index in [0.717, 1.165) is 0 Å². The van der Waals surface area contributed by atoms with Crippen molar-refractivity contribution < 1.29 is 14.0 Å². The van der Waals surface area contributed by atoms with E-state index in [1.165, 1.54) is 6.07 Å². The smallest absolute Gasteiger partial charge is 0.296 e. The number of hydrogen-bond acceptors (Lipinski definition) is 2. The summed E-state index contributed by atoms with van der Waals surface area (Å²) in [7, 11) is 0. The average molecular weight is 258 g/mol. The molecule has 1 heterocycles. The number of nitrogens with one attached hydrogen (secondary N) is 1. The Balaban J connectivity index is 2.80. The molecule has 1 aliphatic heterocycles. The number of halogens is 2. The van der Waals surface area contributed by atoms with E-state index in [9.17, 15) is 14.0 Å². The molecule has 1 N–H and O–H groups in total. The quantitative estimate of drug-likeness (QED) is 0.723. The van der Waals surface area contributed by atoms with Crippen LogP contribution in [0, 0.1) is 12.7 Å². The number of ketones is 1. The number of aryl methyl sites for hydroxylation is 1. The van der Waals surface area contributed by atoms with Gasteiger partial charge in [-0.15, -0.1) is 0 Å². The predicted octanol–water partition coefficient (Wildman–Crippen LogP) is 2.03.